The van der Waals surface area contributed by atoms with Crippen molar-refractivity contribution >= 4 is 23.4 Å². The summed E-state index contributed by atoms with van der Waals surface area (Å²) in [5, 5.41) is 8.84. The van der Waals surface area contributed by atoms with Crippen LogP contribution in [0.5, 0.6) is 0 Å². The van der Waals surface area contributed by atoms with Crippen molar-refractivity contribution < 1.29 is 9.21 Å². The highest BCUT2D eigenvalue weighted by atomic mass is 32.2. The molecule has 4 rings (SSSR count). The van der Waals surface area contributed by atoms with Crippen molar-refractivity contribution in [3.8, 4) is 0 Å². The number of fused-ring (bicyclic) bond motifs is 1. The molecule has 132 valence electrons. The van der Waals surface area contributed by atoms with Gasteiger partial charge in [0, 0.05) is 17.6 Å². The van der Waals surface area contributed by atoms with Crippen molar-refractivity contribution in [3.05, 3.63) is 35.7 Å². The van der Waals surface area contributed by atoms with Gasteiger partial charge in [-0.2, -0.15) is 0 Å². The average Bonchev–Trinajstić information content (AvgIpc) is 3.24. The standard InChI is InChI=1S/C19H23N3O2S/c1-13-11-15-9-5-6-10-16(15)22(13)17(23)12-25-19-21-20-18(24-19)14-7-3-2-4-8-14/h5-6,9-10,13-14H,2-4,7-8,11-12H2,1H3. The Bertz CT molecular complexity index is 755. The third-order valence-electron chi connectivity index (χ3n) is 5.17. The summed E-state index contributed by atoms with van der Waals surface area (Å²) in [7, 11) is 0. The molecule has 2 aromatic rings. The van der Waals surface area contributed by atoms with Crippen molar-refractivity contribution in [2.24, 2.45) is 0 Å². The Morgan fingerprint density at radius 2 is 2.04 bits per heavy atom. The molecule has 1 fully saturated rings. The number of thioether (sulfide) groups is 1. The molecule has 0 spiro atoms. The maximum atomic E-state index is 12.7. The molecule has 1 aliphatic carbocycles. The van der Waals surface area contributed by atoms with Crippen molar-refractivity contribution in [3.63, 3.8) is 0 Å². The summed E-state index contributed by atoms with van der Waals surface area (Å²) in [6.07, 6.45) is 6.95. The molecule has 0 N–H and O–H groups in total. The molecular weight excluding hydrogens is 334 g/mol. The summed E-state index contributed by atoms with van der Waals surface area (Å²) in [4.78, 5) is 14.6. The predicted molar refractivity (Wildman–Crippen MR) is 97.9 cm³/mol. The molecule has 1 unspecified atom stereocenters. The number of nitrogens with zero attached hydrogens (tertiary/aromatic N) is 3. The number of hydrogen-bond donors (Lipinski definition) is 0. The predicted octanol–water partition coefficient (Wildman–Crippen LogP) is 4.19. The van der Waals surface area contributed by atoms with Gasteiger partial charge in [0.15, 0.2) is 0 Å². The van der Waals surface area contributed by atoms with Crippen LogP contribution in [0.4, 0.5) is 5.69 Å². The molecule has 1 amide bonds. The number of rotatable bonds is 4. The molecule has 1 aromatic heterocycles. The Hall–Kier alpha value is -1.82. The second kappa shape index (κ2) is 7.20. The molecular formula is C19H23N3O2S. The quantitative estimate of drug-likeness (QED) is 0.768. The smallest absolute Gasteiger partial charge is 0.277 e. The lowest BCUT2D eigenvalue weighted by Gasteiger charge is -2.22. The highest BCUT2D eigenvalue weighted by Gasteiger charge is 2.30. The molecule has 2 heterocycles. The zero-order valence-corrected chi connectivity index (χ0v) is 15.3. The fraction of sp³-hybridized carbons (Fsp3) is 0.526. The van der Waals surface area contributed by atoms with Gasteiger partial charge >= 0.3 is 0 Å². The van der Waals surface area contributed by atoms with E-state index in [9.17, 15) is 4.79 Å². The fourth-order valence-electron chi connectivity index (χ4n) is 3.93. The van der Waals surface area contributed by atoms with Gasteiger partial charge in [0.2, 0.25) is 11.8 Å². The molecule has 1 saturated carbocycles. The summed E-state index contributed by atoms with van der Waals surface area (Å²) < 4.78 is 5.80. The number of para-hydroxylation sites is 1. The van der Waals surface area contributed by atoms with Gasteiger partial charge in [-0.05, 0) is 37.8 Å². The molecule has 1 atom stereocenters. The van der Waals surface area contributed by atoms with E-state index in [4.69, 9.17) is 4.42 Å². The molecule has 1 aliphatic heterocycles. The zero-order chi connectivity index (χ0) is 17.2. The molecule has 1 aromatic carbocycles. The van der Waals surface area contributed by atoms with E-state index in [1.165, 1.54) is 36.6 Å². The Kier molecular flexibility index (Phi) is 4.79. The number of carbonyl (C=O) groups excluding carboxylic acids is 1. The van der Waals surface area contributed by atoms with Crippen LogP contribution >= 0.6 is 11.8 Å². The van der Waals surface area contributed by atoms with Crippen LogP contribution in [0.2, 0.25) is 0 Å². The molecule has 0 saturated heterocycles. The lowest BCUT2D eigenvalue weighted by Crippen LogP contribution is -2.36. The SMILES string of the molecule is CC1Cc2ccccc2N1C(=O)CSc1nnc(C2CCCCC2)o1. The number of hydrogen-bond acceptors (Lipinski definition) is 5. The van der Waals surface area contributed by atoms with Crippen molar-refractivity contribution in [2.75, 3.05) is 10.7 Å². The lowest BCUT2D eigenvalue weighted by molar-refractivity contribution is -0.116. The van der Waals surface area contributed by atoms with Crippen LogP contribution in [-0.2, 0) is 11.2 Å². The van der Waals surface area contributed by atoms with Crippen LogP contribution in [0, 0.1) is 0 Å². The highest BCUT2D eigenvalue weighted by Crippen LogP contribution is 2.34. The second-order valence-corrected chi connectivity index (χ2v) is 7.90. The van der Waals surface area contributed by atoms with E-state index in [-0.39, 0.29) is 11.9 Å². The third-order valence-corrected chi connectivity index (χ3v) is 5.97. The zero-order valence-electron chi connectivity index (χ0n) is 14.5. The number of carbonyl (C=O) groups is 1. The Balaban J connectivity index is 1.38. The monoisotopic (exact) mass is 357 g/mol. The minimum absolute atomic E-state index is 0.0971. The minimum Gasteiger partial charge on any atom is -0.416 e. The average molecular weight is 357 g/mol. The highest BCUT2D eigenvalue weighted by molar-refractivity contribution is 7.99. The van der Waals surface area contributed by atoms with Gasteiger partial charge in [-0.15, -0.1) is 10.2 Å². The first-order chi connectivity index (χ1) is 12.2. The van der Waals surface area contributed by atoms with Crippen LogP contribution < -0.4 is 4.90 Å². The van der Waals surface area contributed by atoms with E-state index >= 15 is 0 Å². The first kappa shape index (κ1) is 16.6. The summed E-state index contributed by atoms with van der Waals surface area (Å²) >= 11 is 1.35. The minimum atomic E-state index is 0.0971. The van der Waals surface area contributed by atoms with Gasteiger partial charge in [0.25, 0.3) is 5.22 Å². The van der Waals surface area contributed by atoms with Gasteiger partial charge < -0.3 is 9.32 Å². The Labute approximate surface area is 152 Å². The van der Waals surface area contributed by atoms with Crippen molar-refractivity contribution in [1.82, 2.24) is 10.2 Å². The number of aromatic nitrogens is 2. The summed E-state index contributed by atoms with van der Waals surface area (Å²) in [6, 6.07) is 8.33. The van der Waals surface area contributed by atoms with E-state index in [1.54, 1.807) is 0 Å². The van der Waals surface area contributed by atoms with Crippen LogP contribution in [0.15, 0.2) is 33.9 Å². The molecule has 25 heavy (non-hydrogen) atoms. The van der Waals surface area contributed by atoms with E-state index in [0.717, 1.165) is 30.8 Å². The van der Waals surface area contributed by atoms with Gasteiger partial charge in [-0.1, -0.05) is 49.2 Å². The molecule has 2 aliphatic rings. The lowest BCUT2D eigenvalue weighted by atomic mass is 9.89. The second-order valence-electron chi connectivity index (χ2n) is 6.98. The maximum absolute atomic E-state index is 12.7. The van der Waals surface area contributed by atoms with E-state index in [2.05, 4.69) is 23.2 Å². The van der Waals surface area contributed by atoms with Crippen LogP contribution in [0.25, 0.3) is 0 Å². The molecule has 6 heteroatoms. The first-order valence-electron chi connectivity index (χ1n) is 9.08. The first-order valence-corrected chi connectivity index (χ1v) is 10.1. The van der Waals surface area contributed by atoms with Gasteiger partial charge in [0.05, 0.1) is 5.75 Å². The van der Waals surface area contributed by atoms with Crippen molar-refractivity contribution in [1.29, 1.82) is 0 Å². The van der Waals surface area contributed by atoms with E-state index in [0.29, 0.717) is 16.9 Å². The third kappa shape index (κ3) is 3.45. The summed E-state index contributed by atoms with van der Waals surface area (Å²) in [5.41, 5.74) is 2.28. The van der Waals surface area contributed by atoms with Crippen LogP contribution in [-0.4, -0.2) is 27.9 Å². The summed E-state index contributed by atoms with van der Waals surface area (Å²) in [6.45, 7) is 2.09. The number of amides is 1. The molecule has 5 nitrogen and oxygen atoms in total. The Morgan fingerprint density at radius 3 is 2.88 bits per heavy atom. The van der Waals surface area contributed by atoms with Gasteiger partial charge in [0.1, 0.15) is 0 Å². The van der Waals surface area contributed by atoms with Crippen LogP contribution in [0.3, 0.4) is 0 Å². The number of anilines is 1. The van der Waals surface area contributed by atoms with E-state index < -0.39 is 0 Å². The van der Waals surface area contributed by atoms with Crippen molar-refractivity contribution in [2.45, 2.75) is 62.6 Å². The molecule has 0 bridgehead atoms. The van der Waals surface area contributed by atoms with E-state index in [1.807, 2.05) is 23.1 Å². The Morgan fingerprint density at radius 1 is 1.24 bits per heavy atom. The van der Waals surface area contributed by atoms with Crippen LogP contribution in [0.1, 0.15) is 56.4 Å². The normalized spacial score (nSPS) is 20.7. The molecule has 0 radical (unpaired) electrons. The topological polar surface area (TPSA) is 59.2 Å². The fourth-order valence-corrected chi connectivity index (χ4v) is 4.56. The van der Waals surface area contributed by atoms with Gasteiger partial charge in [-0.3, -0.25) is 4.79 Å². The maximum Gasteiger partial charge on any atom is 0.277 e. The summed E-state index contributed by atoms with van der Waals surface area (Å²) in [5.74, 6) is 1.57. The van der Waals surface area contributed by atoms with Gasteiger partial charge in [-0.25, -0.2) is 0 Å². The largest absolute Gasteiger partial charge is 0.416 e. The number of benzene rings is 1.